The average molecular weight is 385 g/mol. The van der Waals surface area contributed by atoms with Crippen LogP contribution in [0.25, 0.3) is 10.9 Å². The molecule has 0 unspecified atom stereocenters. The van der Waals surface area contributed by atoms with Crippen molar-refractivity contribution in [1.82, 2.24) is 14.8 Å². The maximum absolute atomic E-state index is 12.9. The predicted molar refractivity (Wildman–Crippen MR) is 101 cm³/mol. The van der Waals surface area contributed by atoms with Crippen molar-refractivity contribution in [3.05, 3.63) is 65.4 Å². The second-order valence-corrected chi connectivity index (χ2v) is 8.06. The average Bonchev–Trinajstić information content (AvgIpc) is 3.05. The van der Waals surface area contributed by atoms with E-state index in [0.717, 1.165) is 22.9 Å². The quantitative estimate of drug-likeness (QED) is 0.674. The Morgan fingerprint density at radius 3 is 2.63 bits per heavy atom. The number of hydrogen-bond acceptors (Lipinski definition) is 4. The van der Waals surface area contributed by atoms with Gasteiger partial charge in [0.25, 0.3) is 15.9 Å². The maximum atomic E-state index is 12.9. The van der Waals surface area contributed by atoms with Crippen LogP contribution in [0.3, 0.4) is 0 Å². The summed E-state index contributed by atoms with van der Waals surface area (Å²) in [6, 6.07) is 13.9. The van der Waals surface area contributed by atoms with Gasteiger partial charge in [0, 0.05) is 47.2 Å². The Morgan fingerprint density at radius 1 is 1.15 bits per heavy atom. The van der Waals surface area contributed by atoms with Gasteiger partial charge in [0.15, 0.2) is 0 Å². The zero-order valence-corrected chi connectivity index (χ0v) is 15.5. The van der Waals surface area contributed by atoms with Gasteiger partial charge in [-0.25, -0.2) is 8.42 Å². The number of benzene rings is 2. The van der Waals surface area contributed by atoms with Crippen molar-refractivity contribution in [3.8, 4) is 0 Å². The lowest BCUT2D eigenvalue weighted by atomic mass is 10.0. The molecule has 140 valence electrons. The molecule has 0 radical (unpaired) electrons. The predicted octanol–water partition coefficient (Wildman–Crippen LogP) is 2.21. The number of H-pyrrole nitrogens is 1. The fourth-order valence-corrected chi connectivity index (χ4v) is 4.27. The van der Waals surface area contributed by atoms with Crippen LogP contribution in [0.5, 0.6) is 0 Å². The van der Waals surface area contributed by atoms with E-state index in [2.05, 4.69) is 15.9 Å². The van der Waals surface area contributed by atoms with E-state index in [9.17, 15) is 13.2 Å². The van der Waals surface area contributed by atoms with Gasteiger partial charge in [-0.1, -0.05) is 23.1 Å². The summed E-state index contributed by atoms with van der Waals surface area (Å²) >= 11 is 0. The fraction of sp³-hybridized carbons (Fsp3) is 0.211. The van der Waals surface area contributed by atoms with Gasteiger partial charge >= 0.3 is 0 Å². The molecule has 1 amide bonds. The molecule has 27 heavy (non-hydrogen) atoms. The minimum atomic E-state index is -3.74. The number of para-hydroxylation sites is 1. The molecular weight excluding hydrogens is 366 g/mol. The van der Waals surface area contributed by atoms with Crippen molar-refractivity contribution >= 4 is 26.8 Å². The van der Waals surface area contributed by atoms with E-state index in [4.69, 9.17) is 0 Å². The first-order valence-electron chi connectivity index (χ1n) is 8.52. The van der Waals surface area contributed by atoms with Gasteiger partial charge < -0.3 is 9.88 Å². The summed E-state index contributed by atoms with van der Waals surface area (Å²) in [5.41, 5.74) is 3.85. The molecule has 0 saturated carbocycles. The van der Waals surface area contributed by atoms with Gasteiger partial charge in [0.05, 0.1) is 12.0 Å². The summed E-state index contributed by atoms with van der Waals surface area (Å²) in [6.45, 7) is 1.15. The Labute approximate surface area is 156 Å². The van der Waals surface area contributed by atoms with Gasteiger partial charge in [-0.3, -0.25) is 9.63 Å². The van der Waals surface area contributed by atoms with Crippen molar-refractivity contribution in [2.75, 3.05) is 13.7 Å². The maximum Gasteiger partial charge on any atom is 0.262 e. The van der Waals surface area contributed by atoms with E-state index in [1.54, 1.807) is 4.90 Å². The molecule has 2 N–H and O–H groups in total. The van der Waals surface area contributed by atoms with Crippen LogP contribution in [-0.2, 0) is 27.8 Å². The van der Waals surface area contributed by atoms with E-state index < -0.39 is 10.0 Å². The Hall–Kier alpha value is -2.68. The number of sulfonamides is 1. The molecule has 3 aromatic rings. The molecule has 0 atom stereocenters. The molecule has 4 rings (SSSR count). The second-order valence-electron chi connectivity index (χ2n) is 6.42. The Balaban J connectivity index is 1.57. The summed E-state index contributed by atoms with van der Waals surface area (Å²) in [7, 11) is -2.51. The molecule has 7 nitrogen and oxygen atoms in total. The number of amides is 1. The van der Waals surface area contributed by atoms with Crippen molar-refractivity contribution in [3.63, 3.8) is 0 Å². The number of carbonyl (C=O) groups excluding carboxylic acids is 1. The number of carbonyl (C=O) groups is 1. The number of rotatable bonds is 4. The number of aromatic amines is 1. The number of nitrogens with one attached hydrogen (secondary N) is 2. The zero-order valence-electron chi connectivity index (χ0n) is 14.7. The van der Waals surface area contributed by atoms with Gasteiger partial charge in [-0.15, -0.1) is 0 Å². The third-order valence-electron chi connectivity index (χ3n) is 4.77. The lowest BCUT2D eigenvalue weighted by Crippen LogP contribution is -2.35. The number of nitrogens with zero attached hydrogens (tertiary/aromatic N) is 1. The monoisotopic (exact) mass is 385 g/mol. The van der Waals surface area contributed by atoms with E-state index in [1.807, 2.05) is 23.1 Å². The van der Waals surface area contributed by atoms with Gasteiger partial charge in [0.1, 0.15) is 0 Å². The first-order chi connectivity index (χ1) is 13.0. The highest BCUT2D eigenvalue weighted by Gasteiger charge is 2.25. The Kier molecular flexibility index (Phi) is 4.47. The minimum Gasteiger partial charge on any atom is -0.358 e. The van der Waals surface area contributed by atoms with Crippen LogP contribution in [0, 0.1) is 0 Å². The van der Waals surface area contributed by atoms with Crippen LogP contribution < -0.4 is 4.89 Å². The van der Waals surface area contributed by atoms with Crippen molar-refractivity contribution < 1.29 is 18.0 Å². The number of hydrogen-bond donors (Lipinski definition) is 2. The molecule has 0 aliphatic carbocycles. The van der Waals surface area contributed by atoms with Gasteiger partial charge in [-0.2, -0.15) is 0 Å². The fourth-order valence-electron chi connectivity index (χ4n) is 3.46. The molecule has 0 spiro atoms. The normalized spacial score (nSPS) is 14.3. The van der Waals surface area contributed by atoms with Crippen LogP contribution in [0.15, 0.2) is 53.4 Å². The van der Waals surface area contributed by atoms with Crippen LogP contribution in [0.2, 0.25) is 0 Å². The van der Waals surface area contributed by atoms with Crippen LogP contribution >= 0.6 is 0 Å². The first-order valence-corrected chi connectivity index (χ1v) is 10.0. The third kappa shape index (κ3) is 3.23. The first kappa shape index (κ1) is 17.7. The van der Waals surface area contributed by atoms with Crippen LogP contribution in [0.1, 0.15) is 21.6 Å². The van der Waals surface area contributed by atoms with E-state index in [-0.39, 0.29) is 10.8 Å². The number of aromatic nitrogens is 1. The lowest BCUT2D eigenvalue weighted by molar-refractivity contribution is 0.0735. The molecular formula is C19H19N3O4S. The van der Waals surface area contributed by atoms with Gasteiger partial charge in [-0.05, 0) is 30.3 Å². The summed E-state index contributed by atoms with van der Waals surface area (Å²) in [5.74, 6) is -0.116. The van der Waals surface area contributed by atoms with Crippen molar-refractivity contribution in [1.29, 1.82) is 0 Å². The largest absolute Gasteiger partial charge is 0.358 e. The molecule has 8 heteroatoms. The SMILES string of the molecule is CONS(=O)(=O)c1ccc(C(=O)N2CCc3[nH]c4ccccc4c3C2)cc1. The summed E-state index contributed by atoms with van der Waals surface area (Å²) < 4.78 is 23.8. The van der Waals surface area contributed by atoms with Gasteiger partial charge in [0.2, 0.25) is 0 Å². The standard InChI is InChI=1S/C19H19N3O4S/c1-26-21-27(24,25)14-8-6-13(7-9-14)19(23)22-11-10-18-16(12-22)15-4-2-3-5-17(15)20-18/h2-9,20-21H,10-12H2,1H3. The zero-order chi connectivity index (χ0) is 19.0. The molecule has 0 bridgehead atoms. The van der Waals surface area contributed by atoms with Crippen LogP contribution in [0.4, 0.5) is 0 Å². The molecule has 1 aliphatic heterocycles. The van der Waals surface area contributed by atoms with E-state index in [0.29, 0.717) is 18.7 Å². The molecule has 1 aromatic heterocycles. The smallest absolute Gasteiger partial charge is 0.262 e. The molecule has 1 aliphatic rings. The van der Waals surface area contributed by atoms with E-state index in [1.165, 1.54) is 37.1 Å². The van der Waals surface area contributed by atoms with Crippen molar-refractivity contribution in [2.45, 2.75) is 17.9 Å². The highest BCUT2D eigenvalue weighted by molar-refractivity contribution is 7.89. The van der Waals surface area contributed by atoms with Crippen molar-refractivity contribution in [2.24, 2.45) is 0 Å². The molecule has 2 aromatic carbocycles. The van der Waals surface area contributed by atoms with Crippen LogP contribution in [-0.4, -0.2) is 37.9 Å². The molecule has 2 heterocycles. The summed E-state index contributed by atoms with van der Waals surface area (Å²) in [6.07, 6.45) is 0.764. The topological polar surface area (TPSA) is 91.5 Å². The molecule has 0 fully saturated rings. The minimum absolute atomic E-state index is 0.0402. The Bertz CT molecular complexity index is 1100. The lowest BCUT2D eigenvalue weighted by Gasteiger charge is -2.27. The Morgan fingerprint density at radius 2 is 1.89 bits per heavy atom. The highest BCUT2D eigenvalue weighted by Crippen LogP contribution is 2.28. The molecule has 0 saturated heterocycles. The van der Waals surface area contributed by atoms with E-state index >= 15 is 0 Å². The second kappa shape index (κ2) is 6.80. The number of fused-ring (bicyclic) bond motifs is 3. The third-order valence-corrected chi connectivity index (χ3v) is 6.05. The highest BCUT2D eigenvalue weighted by atomic mass is 32.2. The summed E-state index contributed by atoms with van der Waals surface area (Å²) in [4.78, 5) is 24.6. The summed E-state index contributed by atoms with van der Waals surface area (Å²) in [5, 5.41) is 1.14.